The molecule has 0 aliphatic heterocycles. The number of nitrogens with zero attached hydrogens (tertiary/aromatic N) is 4. The van der Waals surface area contributed by atoms with Gasteiger partial charge in [-0.05, 0) is 36.1 Å². The minimum atomic E-state index is -4.70. The molecule has 3 aromatic heterocycles. The molecule has 0 aliphatic carbocycles. The number of benzene rings is 2. The number of anilines is 2. The highest BCUT2D eigenvalue weighted by molar-refractivity contribution is 5.96. The maximum Gasteiger partial charge on any atom is 0.421 e. The van der Waals surface area contributed by atoms with E-state index in [1.54, 1.807) is 55.7 Å². The maximum atomic E-state index is 14.0. The van der Waals surface area contributed by atoms with Crippen LogP contribution >= 0.6 is 0 Å². The quantitative estimate of drug-likeness (QED) is 0.321. The van der Waals surface area contributed by atoms with Crippen molar-refractivity contribution in [3.63, 3.8) is 0 Å². The van der Waals surface area contributed by atoms with Crippen LogP contribution < -0.4 is 16.6 Å². The first-order valence-electron chi connectivity index (χ1n) is 10.9. The van der Waals surface area contributed by atoms with Crippen LogP contribution in [-0.2, 0) is 6.18 Å². The number of hydrogen-bond acceptors (Lipinski definition) is 6. The largest absolute Gasteiger partial charge is 0.421 e. The van der Waals surface area contributed by atoms with Crippen molar-refractivity contribution in [2.45, 2.75) is 19.1 Å². The molecule has 1 atom stereocenters. The van der Waals surface area contributed by atoms with Gasteiger partial charge in [0.1, 0.15) is 11.4 Å². The molecule has 0 spiro atoms. The molecule has 0 unspecified atom stereocenters. The van der Waals surface area contributed by atoms with Crippen molar-refractivity contribution in [1.29, 1.82) is 0 Å². The molecule has 0 radical (unpaired) electrons. The minimum absolute atomic E-state index is 0.304. The Balaban J connectivity index is 1.73. The van der Waals surface area contributed by atoms with Crippen molar-refractivity contribution < 1.29 is 13.2 Å². The molecule has 5 rings (SSSR count). The number of pyridine rings is 1. The summed E-state index contributed by atoms with van der Waals surface area (Å²) in [5.41, 5.74) is 6.62. The number of rotatable bonds is 5. The van der Waals surface area contributed by atoms with E-state index in [-0.39, 0.29) is 11.5 Å². The molecular formula is C25H20F3N7O. The van der Waals surface area contributed by atoms with Crippen molar-refractivity contribution in [2.24, 2.45) is 0 Å². The molecule has 3 heterocycles. The van der Waals surface area contributed by atoms with E-state index in [4.69, 9.17) is 5.73 Å². The van der Waals surface area contributed by atoms with Crippen LogP contribution in [-0.4, -0.2) is 24.7 Å². The molecule has 2 aromatic carbocycles. The number of aromatic nitrogens is 5. The lowest BCUT2D eigenvalue weighted by molar-refractivity contribution is -0.137. The number of fused-ring (bicyclic) bond motifs is 1. The maximum absolute atomic E-state index is 14.0. The fourth-order valence-electron chi connectivity index (χ4n) is 4.17. The summed E-state index contributed by atoms with van der Waals surface area (Å²) in [7, 11) is 0. The zero-order chi connectivity index (χ0) is 25.4. The van der Waals surface area contributed by atoms with E-state index in [1.165, 1.54) is 4.57 Å². The summed E-state index contributed by atoms with van der Waals surface area (Å²) in [4.78, 5) is 21.2. The third-order valence-electron chi connectivity index (χ3n) is 5.81. The molecular weight excluding hydrogens is 471 g/mol. The molecule has 0 amide bonds. The number of nitrogens with two attached hydrogens (primary N) is 1. The van der Waals surface area contributed by atoms with E-state index in [2.05, 4.69) is 25.5 Å². The molecule has 0 fully saturated rings. The normalized spacial score (nSPS) is 12.6. The minimum Gasteiger partial charge on any atom is -0.368 e. The van der Waals surface area contributed by atoms with Crippen molar-refractivity contribution in [3.8, 4) is 16.8 Å². The zero-order valence-electron chi connectivity index (χ0n) is 18.9. The first kappa shape index (κ1) is 23.1. The topological polar surface area (TPSA) is 115 Å². The Labute approximate surface area is 202 Å². The van der Waals surface area contributed by atoms with Gasteiger partial charge in [-0.25, -0.2) is 4.98 Å². The first-order valence-corrected chi connectivity index (χ1v) is 10.9. The SMILES string of the molecule is C[C@H](Nc1nc(N)ncc1C(F)(F)F)c1cc2cccc(-c3cn[nH]c3)c2c(=O)n1-c1ccccc1. The lowest BCUT2D eigenvalue weighted by atomic mass is 9.99. The number of nitrogens with one attached hydrogen (secondary N) is 2. The van der Waals surface area contributed by atoms with Crippen LogP contribution in [0.2, 0.25) is 0 Å². The summed E-state index contributed by atoms with van der Waals surface area (Å²) in [6, 6.07) is 15.3. The fraction of sp³-hybridized carbons (Fsp3) is 0.120. The summed E-state index contributed by atoms with van der Waals surface area (Å²) in [6.07, 6.45) is -0.744. The number of hydrogen-bond donors (Lipinski definition) is 3. The third-order valence-corrected chi connectivity index (χ3v) is 5.81. The molecule has 0 bridgehead atoms. The van der Waals surface area contributed by atoms with Gasteiger partial charge in [-0.15, -0.1) is 0 Å². The van der Waals surface area contributed by atoms with Crippen LogP contribution in [0.1, 0.15) is 24.2 Å². The Morgan fingerprint density at radius 3 is 2.56 bits per heavy atom. The van der Waals surface area contributed by atoms with E-state index in [0.29, 0.717) is 33.9 Å². The van der Waals surface area contributed by atoms with Gasteiger partial charge in [0.25, 0.3) is 5.56 Å². The fourth-order valence-corrected chi connectivity index (χ4v) is 4.17. The molecule has 0 aliphatic rings. The second kappa shape index (κ2) is 8.84. The average molecular weight is 491 g/mol. The number of aromatic amines is 1. The third kappa shape index (κ3) is 4.15. The monoisotopic (exact) mass is 491 g/mol. The van der Waals surface area contributed by atoms with Gasteiger partial charge in [0.2, 0.25) is 5.95 Å². The predicted octanol–water partition coefficient (Wildman–Crippen LogP) is 4.94. The van der Waals surface area contributed by atoms with Crippen LogP contribution in [0.5, 0.6) is 0 Å². The van der Waals surface area contributed by atoms with E-state index >= 15 is 0 Å². The Bertz CT molecular complexity index is 1600. The van der Waals surface area contributed by atoms with Crippen LogP contribution in [0, 0.1) is 0 Å². The molecule has 182 valence electrons. The number of halogens is 3. The van der Waals surface area contributed by atoms with Crippen LogP contribution in [0.4, 0.5) is 24.9 Å². The van der Waals surface area contributed by atoms with Crippen molar-refractivity contribution in [2.75, 3.05) is 11.1 Å². The summed E-state index contributed by atoms with van der Waals surface area (Å²) in [6.45, 7) is 1.65. The average Bonchev–Trinajstić information content (AvgIpc) is 3.38. The number of alkyl halides is 3. The Kier molecular flexibility index (Phi) is 5.67. The molecule has 36 heavy (non-hydrogen) atoms. The van der Waals surface area contributed by atoms with Gasteiger partial charge in [-0.3, -0.25) is 14.5 Å². The molecule has 8 nitrogen and oxygen atoms in total. The van der Waals surface area contributed by atoms with Gasteiger partial charge >= 0.3 is 6.18 Å². The van der Waals surface area contributed by atoms with Crippen LogP contribution in [0.15, 0.2) is 78.0 Å². The van der Waals surface area contributed by atoms with Crippen molar-refractivity contribution in [3.05, 3.63) is 94.8 Å². The predicted molar refractivity (Wildman–Crippen MR) is 131 cm³/mol. The zero-order valence-corrected chi connectivity index (χ0v) is 18.9. The second-order valence-corrected chi connectivity index (χ2v) is 8.16. The molecule has 5 aromatic rings. The van der Waals surface area contributed by atoms with E-state index in [1.807, 2.05) is 18.2 Å². The van der Waals surface area contributed by atoms with Gasteiger partial charge in [-0.1, -0.05) is 36.4 Å². The highest BCUT2D eigenvalue weighted by atomic mass is 19.4. The summed E-state index contributed by atoms with van der Waals surface area (Å²) < 4.78 is 42.3. The van der Waals surface area contributed by atoms with E-state index in [0.717, 1.165) is 5.56 Å². The highest BCUT2D eigenvalue weighted by Crippen LogP contribution is 2.35. The summed E-state index contributed by atoms with van der Waals surface area (Å²) in [5.74, 6) is -0.775. The van der Waals surface area contributed by atoms with E-state index < -0.39 is 23.6 Å². The molecule has 0 saturated carbocycles. The lowest BCUT2D eigenvalue weighted by Gasteiger charge is -2.23. The van der Waals surface area contributed by atoms with E-state index in [9.17, 15) is 18.0 Å². The summed E-state index contributed by atoms with van der Waals surface area (Å²) >= 11 is 0. The first-order chi connectivity index (χ1) is 17.2. The van der Waals surface area contributed by atoms with Gasteiger partial charge < -0.3 is 11.1 Å². The van der Waals surface area contributed by atoms with Gasteiger partial charge in [0, 0.05) is 29.3 Å². The van der Waals surface area contributed by atoms with Gasteiger partial charge in [-0.2, -0.15) is 23.3 Å². The molecule has 4 N–H and O–H groups in total. The van der Waals surface area contributed by atoms with Crippen molar-refractivity contribution in [1.82, 2.24) is 24.7 Å². The number of para-hydroxylation sites is 1. The Morgan fingerprint density at radius 2 is 1.86 bits per heavy atom. The standard InChI is InChI=1S/C25H20F3N7O/c1-14(33-22-19(25(26,27)28)13-30-24(29)34-22)20-10-15-6-5-9-18(16-11-31-32-12-16)21(15)23(36)35(20)17-7-3-2-4-8-17/h2-14H,1H3,(H,31,32)(H3,29,30,33,34)/t14-/m0/s1. The van der Waals surface area contributed by atoms with Gasteiger partial charge in [0.05, 0.1) is 17.6 Å². The second-order valence-electron chi connectivity index (χ2n) is 8.16. The van der Waals surface area contributed by atoms with Crippen molar-refractivity contribution >= 4 is 22.5 Å². The number of H-pyrrole nitrogens is 1. The van der Waals surface area contributed by atoms with Gasteiger partial charge in [0.15, 0.2) is 0 Å². The Hall–Kier alpha value is -4.67. The number of nitrogen functional groups attached to an aromatic ring is 1. The highest BCUT2D eigenvalue weighted by Gasteiger charge is 2.35. The van der Waals surface area contributed by atoms with Crippen LogP contribution in [0.3, 0.4) is 0 Å². The molecule has 0 saturated heterocycles. The Morgan fingerprint density at radius 1 is 1.08 bits per heavy atom. The lowest BCUT2D eigenvalue weighted by Crippen LogP contribution is -2.26. The van der Waals surface area contributed by atoms with Crippen LogP contribution in [0.25, 0.3) is 27.6 Å². The smallest absolute Gasteiger partial charge is 0.368 e. The molecule has 11 heteroatoms. The summed E-state index contributed by atoms with van der Waals surface area (Å²) in [5, 5.41) is 10.6.